The minimum absolute atomic E-state index is 0.0256. The van der Waals surface area contributed by atoms with Gasteiger partial charge in [-0.2, -0.15) is 11.8 Å². The Labute approximate surface area is 118 Å². The quantitative estimate of drug-likeness (QED) is 0.832. The van der Waals surface area contributed by atoms with Gasteiger partial charge in [-0.25, -0.2) is 0 Å². The Kier molecular flexibility index (Phi) is 5.01. The highest BCUT2D eigenvalue weighted by molar-refractivity contribution is 7.99. The molecule has 4 heteroatoms. The van der Waals surface area contributed by atoms with Gasteiger partial charge in [0.2, 0.25) is 0 Å². The zero-order chi connectivity index (χ0) is 13.0. The predicted octanol–water partition coefficient (Wildman–Crippen LogP) is 3.38. The summed E-state index contributed by atoms with van der Waals surface area (Å²) in [6.45, 7) is 0. The van der Waals surface area contributed by atoms with Crippen LogP contribution >= 0.6 is 24.4 Å². The van der Waals surface area contributed by atoms with Gasteiger partial charge in [-0.05, 0) is 43.7 Å². The second kappa shape index (κ2) is 6.53. The average Bonchev–Trinajstić information content (AvgIpc) is 2.39. The number of hydrogen-bond donors (Lipinski definition) is 2. The lowest BCUT2D eigenvalue weighted by Gasteiger charge is -2.28. The molecule has 2 rings (SSSR count). The van der Waals surface area contributed by atoms with E-state index >= 15 is 0 Å². The molecule has 2 atom stereocenters. The number of thioether (sulfide) groups is 1. The molecule has 1 aliphatic carbocycles. The van der Waals surface area contributed by atoms with Crippen LogP contribution in [0, 0.1) is 0 Å². The van der Waals surface area contributed by atoms with Crippen LogP contribution in [0.3, 0.4) is 0 Å². The van der Waals surface area contributed by atoms with Gasteiger partial charge in [0.15, 0.2) is 0 Å². The maximum absolute atomic E-state index is 12.1. The van der Waals surface area contributed by atoms with Crippen LogP contribution in [0.15, 0.2) is 29.2 Å². The molecule has 2 nitrogen and oxygen atoms in total. The topological polar surface area (TPSA) is 29.1 Å². The summed E-state index contributed by atoms with van der Waals surface area (Å²) in [6.07, 6.45) is 6.83. The molecule has 0 saturated heterocycles. The molecule has 0 heterocycles. The molecule has 0 radical (unpaired) electrons. The van der Waals surface area contributed by atoms with Gasteiger partial charge in [-0.1, -0.05) is 12.5 Å². The van der Waals surface area contributed by atoms with E-state index in [9.17, 15) is 4.79 Å². The van der Waals surface area contributed by atoms with E-state index in [2.05, 4.69) is 24.2 Å². The highest BCUT2D eigenvalue weighted by Crippen LogP contribution is 2.27. The monoisotopic (exact) mass is 281 g/mol. The first-order valence-electron chi connectivity index (χ1n) is 6.31. The Morgan fingerprint density at radius 1 is 1.44 bits per heavy atom. The van der Waals surface area contributed by atoms with Crippen molar-refractivity contribution in [1.82, 2.24) is 5.32 Å². The lowest BCUT2D eigenvalue weighted by molar-refractivity contribution is 0.0928. The summed E-state index contributed by atoms with van der Waals surface area (Å²) in [5.41, 5.74) is 0.703. The summed E-state index contributed by atoms with van der Waals surface area (Å²) >= 11 is 6.17. The molecule has 1 N–H and O–H groups in total. The van der Waals surface area contributed by atoms with Crippen LogP contribution in [0.25, 0.3) is 0 Å². The van der Waals surface area contributed by atoms with Crippen LogP contribution in [-0.4, -0.2) is 23.5 Å². The third-order valence-corrected chi connectivity index (χ3v) is 4.78. The van der Waals surface area contributed by atoms with Crippen LogP contribution in [0.5, 0.6) is 0 Å². The van der Waals surface area contributed by atoms with Crippen LogP contribution in [0.2, 0.25) is 0 Å². The van der Waals surface area contributed by atoms with E-state index in [1.807, 2.05) is 36.0 Å². The van der Waals surface area contributed by atoms with E-state index in [4.69, 9.17) is 0 Å². The van der Waals surface area contributed by atoms with Gasteiger partial charge < -0.3 is 5.32 Å². The van der Waals surface area contributed by atoms with Crippen molar-refractivity contribution in [3.63, 3.8) is 0 Å². The fourth-order valence-electron chi connectivity index (χ4n) is 2.41. The molecule has 98 valence electrons. The Balaban J connectivity index is 1.95. The van der Waals surface area contributed by atoms with Gasteiger partial charge in [-0.15, -0.1) is 12.6 Å². The Morgan fingerprint density at radius 2 is 2.28 bits per heavy atom. The SMILES string of the molecule is CSC1CCCC(NC(=O)c2cccc(S)c2)C1. The van der Waals surface area contributed by atoms with Crippen LogP contribution in [0.1, 0.15) is 36.0 Å². The number of carbonyl (C=O) groups excluding carboxylic acids is 1. The lowest BCUT2D eigenvalue weighted by Crippen LogP contribution is -2.39. The third kappa shape index (κ3) is 3.69. The zero-order valence-corrected chi connectivity index (χ0v) is 12.3. The van der Waals surface area contributed by atoms with Crippen molar-refractivity contribution in [2.45, 2.75) is 41.9 Å². The van der Waals surface area contributed by atoms with E-state index in [1.54, 1.807) is 0 Å². The molecule has 18 heavy (non-hydrogen) atoms. The molecule has 1 saturated carbocycles. The second-order valence-corrected chi connectivity index (χ2v) is 6.40. The number of benzene rings is 1. The number of amides is 1. The lowest BCUT2D eigenvalue weighted by atomic mass is 9.94. The smallest absolute Gasteiger partial charge is 0.251 e. The number of carbonyl (C=O) groups is 1. The Morgan fingerprint density at radius 3 is 3.00 bits per heavy atom. The van der Waals surface area contributed by atoms with Crippen molar-refractivity contribution in [2.75, 3.05) is 6.26 Å². The van der Waals surface area contributed by atoms with Crippen molar-refractivity contribution in [3.8, 4) is 0 Å². The zero-order valence-electron chi connectivity index (χ0n) is 10.6. The molecule has 2 unspecified atom stereocenters. The summed E-state index contributed by atoms with van der Waals surface area (Å²) in [7, 11) is 0. The highest BCUT2D eigenvalue weighted by atomic mass is 32.2. The van der Waals surface area contributed by atoms with Gasteiger partial charge in [0, 0.05) is 21.8 Å². The van der Waals surface area contributed by atoms with Crippen LogP contribution < -0.4 is 5.32 Å². The summed E-state index contributed by atoms with van der Waals surface area (Å²) in [4.78, 5) is 12.9. The van der Waals surface area contributed by atoms with Crippen molar-refractivity contribution in [3.05, 3.63) is 29.8 Å². The molecular formula is C14H19NOS2. The summed E-state index contributed by atoms with van der Waals surface area (Å²) in [5.74, 6) is 0.0256. The molecule has 0 spiro atoms. The summed E-state index contributed by atoms with van der Waals surface area (Å²) in [5, 5.41) is 3.84. The molecule has 1 fully saturated rings. The molecule has 1 aliphatic rings. The fraction of sp³-hybridized carbons (Fsp3) is 0.500. The minimum atomic E-state index is 0.0256. The van der Waals surface area contributed by atoms with Crippen molar-refractivity contribution in [1.29, 1.82) is 0 Å². The Hall–Kier alpha value is -0.610. The number of hydrogen-bond acceptors (Lipinski definition) is 3. The van der Waals surface area contributed by atoms with E-state index in [1.165, 1.54) is 12.8 Å². The van der Waals surface area contributed by atoms with E-state index in [0.29, 0.717) is 16.9 Å². The maximum atomic E-state index is 12.1. The van der Waals surface area contributed by atoms with E-state index in [-0.39, 0.29) is 5.91 Å². The third-order valence-electron chi connectivity index (χ3n) is 3.40. The highest BCUT2D eigenvalue weighted by Gasteiger charge is 2.22. The van der Waals surface area contributed by atoms with Crippen molar-refractivity contribution in [2.24, 2.45) is 0 Å². The van der Waals surface area contributed by atoms with E-state index in [0.717, 1.165) is 17.7 Å². The van der Waals surface area contributed by atoms with Crippen molar-refractivity contribution >= 4 is 30.3 Å². The largest absolute Gasteiger partial charge is 0.349 e. The fourth-order valence-corrected chi connectivity index (χ4v) is 3.46. The molecule has 1 aromatic rings. The molecule has 1 aromatic carbocycles. The number of rotatable bonds is 3. The second-order valence-electron chi connectivity index (χ2n) is 4.75. The van der Waals surface area contributed by atoms with Crippen LogP contribution in [0.4, 0.5) is 0 Å². The standard InChI is InChI=1S/C14H19NOS2/c1-18-13-7-3-5-11(9-13)15-14(16)10-4-2-6-12(17)8-10/h2,4,6,8,11,13,17H,3,5,7,9H2,1H3,(H,15,16). The predicted molar refractivity (Wildman–Crippen MR) is 80.7 cm³/mol. The van der Waals surface area contributed by atoms with Crippen LogP contribution in [-0.2, 0) is 0 Å². The molecular weight excluding hydrogens is 262 g/mol. The first-order chi connectivity index (χ1) is 8.69. The minimum Gasteiger partial charge on any atom is -0.349 e. The summed E-state index contributed by atoms with van der Waals surface area (Å²) in [6, 6.07) is 7.72. The summed E-state index contributed by atoms with van der Waals surface area (Å²) < 4.78 is 0. The van der Waals surface area contributed by atoms with Gasteiger partial charge in [0.25, 0.3) is 5.91 Å². The molecule has 0 bridgehead atoms. The van der Waals surface area contributed by atoms with Gasteiger partial charge >= 0.3 is 0 Å². The van der Waals surface area contributed by atoms with Gasteiger partial charge in [0.1, 0.15) is 0 Å². The first-order valence-corrected chi connectivity index (χ1v) is 8.05. The number of nitrogens with one attached hydrogen (secondary N) is 1. The number of thiol groups is 1. The molecule has 1 amide bonds. The van der Waals surface area contributed by atoms with Crippen molar-refractivity contribution < 1.29 is 4.79 Å². The van der Waals surface area contributed by atoms with E-state index < -0.39 is 0 Å². The normalized spacial score (nSPS) is 23.7. The molecule has 0 aliphatic heterocycles. The molecule has 0 aromatic heterocycles. The van der Waals surface area contributed by atoms with Gasteiger partial charge in [0.05, 0.1) is 0 Å². The first kappa shape index (κ1) is 13.8. The maximum Gasteiger partial charge on any atom is 0.251 e. The average molecular weight is 281 g/mol. The van der Waals surface area contributed by atoms with Gasteiger partial charge in [-0.3, -0.25) is 4.79 Å². The Bertz CT molecular complexity index is 422.